The molecule has 1 amide bonds. The number of amides is 1. The van der Waals surface area contributed by atoms with Gasteiger partial charge in [-0.3, -0.25) is 4.79 Å². The summed E-state index contributed by atoms with van der Waals surface area (Å²) >= 11 is 0. The maximum absolute atomic E-state index is 13.7. The minimum atomic E-state index is -0.613. The number of halogens is 2. The summed E-state index contributed by atoms with van der Waals surface area (Å²) in [5.41, 5.74) is 0.360. The van der Waals surface area contributed by atoms with Crippen LogP contribution >= 0.6 is 0 Å². The molecular weight excluding hydrogens is 314 g/mol. The molecule has 0 saturated carbocycles. The summed E-state index contributed by atoms with van der Waals surface area (Å²) in [6.45, 7) is 5.03. The van der Waals surface area contributed by atoms with Gasteiger partial charge in [-0.05, 0) is 43.4 Å². The van der Waals surface area contributed by atoms with E-state index in [1.807, 2.05) is 0 Å². The van der Waals surface area contributed by atoms with E-state index in [-0.39, 0.29) is 24.3 Å². The van der Waals surface area contributed by atoms with Crippen molar-refractivity contribution >= 4 is 5.91 Å². The molecule has 1 aromatic carbocycles. The lowest BCUT2D eigenvalue weighted by atomic mass is 9.97. The first-order valence-electron chi connectivity index (χ1n) is 8.57. The molecule has 1 atom stereocenters. The monoisotopic (exact) mass is 340 g/mol. The number of hydrogen-bond donors (Lipinski definition) is 2. The van der Waals surface area contributed by atoms with Crippen molar-refractivity contribution in [3.05, 3.63) is 35.4 Å². The second-order valence-electron chi connectivity index (χ2n) is 6.55. The van der Waals surface area contributed by atoms with E-state index in [4.69, 9.17) is 0 Å². The highest BCUT2D eigenvalue weighted by atomic mass is 19.1. The third kappa shape index (κ3) is 5.83. The van der Waals surface area contributed by atoms with Crippen LogP contribution in [0.4, 0.5) is 8.78 Å². The van der Waals surface area contributed by atoms with Gasteiger partial charge in [-0.1, -0.05) is 13.0 Å². The Morgan fingerprint density at radius 2 is 2.08 bits per heavy atom. The SMILES string of the molecule is CC(CC(=O)NCCCN1CCC(O)CC1)c1ccc(F)cc1F. The van der Waals surface area contributed by atoms with E-state index in [2.05, 4.69) is 10.2 Å². The van der Waals surface area contributed by atoms with Gasteiger partial charge in [0.05, 0.1) is 6.10 Å². The van der Waals surface area contributed by atoms with E-state index in [1.54, 1.807) is 6.92 Å². The predicted octanol–water partition coefficient (Wildman–Crippen LogP) is 2.42. The number of hydrogen-bond acceptors (Lipinski definition) is 3. The summed E-state index contributed by atoms with van der Waals surface area (Å²) in [5.74, 6) is -1.64. The maximum atomic E-state index is 13.7. The molecule has 1 saturated heterocycles. The molecule has 4 nitrogen and oxygen atoms in total. The minimum absolute atomic E-state index is 0.125. The number of aliphatic hydroxyl groups is 1. The third-order valence-corrected chi connectivity index (χ3v) is 4.52. The molecule has 1 aromatic rings. The Hall–Kier alpha value is -1.53. The second kappa shape index (κ2) is 9.08. The molecule has 0 bridgehead atoms. The molecule has 0 spiro atoms. The summed E-state index contributed by atoms with van der Waals surface area (Å²) in [6, 6.07) is 3.45. The molecule has 1 unspecified atom stereocenters. The average Bonchev–Trinajstić information content (AvgIpc) is 2.53. The standard InChI is InChI=1S/C18H26F2N2O2/c1-13(16-4-3-14(19)12-17(16)20)11-18(24)21-7-2-8-22-9-5-15(23)6-10-22/h3-4,12-13,15,23H,2,5-11H2,1H3,(H,21,24). The first kappa shape index (κ1) is 18.8. The van der Waals surface area contributed by atoms with Gasteiger partial charge in [-0.25, -0.2) is 8.78 Å². The Kier molecular flexibility index (Phi) is 7.12. The normalized spacial score (nSPS) is 17.7. The van der Waals surface area contributed by atoms with Crippen LogP contribution in [0.25, 0.3) is 0 Å². The zero-order chi connectivity index (χ0) is 17.5. The molecule has 1 fully saturated rings. The summed E-state index contributed by atoms with van der Waals surface area (Å²) in [4.78, 5) is 14.2. The van der Waals surface area contributed by atoms with Crippen LogP contribution in [0.1, 0.15) is 44.1 Å². The summed E-state index contributed by atoms with van der Waals surface area (Å²) in [6.07, 6.45) is 2.48. The van der Waals surface area contributed by atoms with Crippen molar-refractivity contribution in [2.75, 3.05) is 26.2 Å². The fourth-order valence-corrected chi connectivity index (χ4v) is 3.03. The average molecular weight is 340 g/mol. The van der Waals surface area contributed by atoms with Crippen molar-refractivity contribution in [1.29, 1.82) is 0 Å². The van der Waals surface area contributed by atoms with E-state index in [1.165, 1.54) is 12.1 Å². The largest absolute Gasteiger partial charge is 0.393 e. The van der Waals surface area contributed by atoms with E-state index in [9.17, 15) is 18.7 Å². The van der Waals surface area contributed by atoms with Crippen LogP contribution in [0.3, 0.4) is 0 Å². The minimum Gasteiger partial charge on any atom is -0.393 e. The number of nitrogens with one attached hydrogen (secondary N) is 1. The molecule has 24 heavy (non-hydrogen) atoms. The Morgan fingerprint density at radius 1 is 1.38 bits per heavy atom. The fraction of sp³-hybridized carbons (Fsp3) is 0.611. The first-order valence-corrected chi connectivity index (χ1v) is 8.57. The van der Waals surface area contributed by atoms with Gasteiger partial charge in [0.1, 0.15) is 11.6 Å². The lowest BCUT2D eigenvalue weighted by Crippen LogP contribution is -2.37. The molecule has 6 heteroatoms. The van der Waals surface area contributed by atoms with Crippen LogP contribution in [0.2, 0.25) is 0 Å². The molecule has 1 heterocycles. The van der Waals surface area contributed by atoms with Gasteiger partial charge in [-0.2, -0.15) is 0 Å². The van der Waals surface area contributed by atoms with E-state index in [0.29, 0.717) is 12.1 Å². The molecule has 0 radical (unpaired) electrons. The zero-order valence-corrected chi connectivity index (χ0v) is 14.1. The van der Waals surface area contributed by atoms with Crippen LogP contribution in [0.15, 0.2) is 18.2 Å². The van der Waals surface area contributed by atoms with Gasteiger partial charge in [-0.15, -0.1) is 0 Å². The number of likely N-dealkylation sites (tertiary alicyclic amines) is 1. The number of aliphatic hydroxyl groups excluding tert-OH is 1. The first-order chi connectivity index (χ1) is 11.5. The number of carbonyl (C=O) groups excluding carboxylic acids is 1. The number of benzene rings is 1. The molecule has 0 aliphatic carbocycles. The van der Waals surface area contributed by atoms with Crippen molar-refractivity contribution in [1.82, 2.24) is 10.2 Å². The fourth-order valence-electron chi connectivity index (χ4n) is 3.03. The lowest BCUT2D eigenvalue weighted by molar-refractivity contribution is -0.121. The highest BCUT2D eigenvalue weighted by molar-refractivity contribution is 5.76. The van der Waals surface area contributed by atoms with E-state index < -0.39 is 11.6 Å². The number of rotatable bonds is 7. The van der Waals surface area contributed by atoms with Gasteiger partial charge in [0.15, 0.2) is 0 Å². The molecular formula is C18H26F2N2O2. The van der Waals surface area contributed by atoms with Crippen molar-refractivity contribution in [2.24, 2.45) is 0 Å². The van der Waals surface area contributed by atoms with Crippen molar-refractivity contribution in [3.8, 4) is 0 Å². The molecule has 134 valence electrons. The topological polar surface area (TPSA) is 52.6 Å². The quantitative estimate of drug-likeness (QED) is 0.750. The maximum Gasteiger partial charge on any atom is 0.220 e. The van der Waals surface area contributed by atoms with Gasteiger partial charge in [0.25, 0.3) is 0 Å². The van der Waals surface area contributed by atoms with E-state index >= 15 is 0 Å². The summed E-state index contributed by atoms with van der Waals surface area (Å²) < 4.78 is 26.6. The van der Waals surface area contributed by atoms with Gasteiger partial charge < -0.3 is 15.3 Å². The molecule has 2 N–H and O–H groups in total. The van der Waals surface area contributed by atoms with Crippen LogP contribution in [-0.4, -0.2) is 48.2 Å². The molecule has 2 rings (SSSR count). The van der Waals surface area contributed by atoms with Crippen molar-refractivity contribution in [3.63, 3.8) is 0 Å². The molecule has 1 aliphatic heterocycles. The van der Waals surface area contributed by atoms with Crippen molar-refractivity contribution < 1.29 is 18.7 Å². The zero-order valence-electron chi connectivity index (χ0n) is 14.1. The summed E-state index contributed by atoms with van der Waals surface area (Å²) in [7, 11) is 0. The van der Waals surface area contributed by atoms with Crippen LogP contribution < -0.4 is 5.32 Å². The predicted molar refractivity (Wildman–Crippen MR) is 88.7 cm³/mol. The van der Waals surface area contributed by atoms with Crippen LogP contribution in [-0.2, 0) is 4.79 Å². The van der Waals surface area contributed by atoms with Gasteiger partial charge in [0.2, 0.25) is 5.91 Å². The Labute approximate surface area is 141 Å². The van der Waals surface area contributed by atoms with Crippen LogP contribution in [0.5, 0.6) is 0 Å². The number of carbonyl (C=O) groups is 1. The Bertz CT molecular complexity index is 546. The van der Waals surface area contributed by atoms with Crippen molar-refractivity contribution in [2.45, 2.75) is 44.6 Å². The summed E-state index contributed by atoms with van der Waals surface area (Å²) in [5, 5.41) is 12.3. The van der Waals surface area contributed by atoms with Crippen LogP contribution in [0, 0.1) is 11.6 Å². The number of piperidine rings is 1. The second-order valence-corrected chi connectivity index (χ2v) is 6.55. The Morgan fingerprint density at radius 3 is 2.75 bits per heavy atom. The van der Waals surface area contributed by atoms with E-state index in [0.717, 1.165) is 45.0 Å². The van der Waals surface area contributed by atoms with Gasteiger partial charge >= 0.3 is 0 Å². The molecule has 1 aliphatic rings. The van der Waals surface area contributed by atoms with Gasteiger partial charge in [0, 0.05) is 32.1 Å². The molecule has 0 aromatic heterocycles. The highest BCUT2D eigenvalue weighted by Crippen LogP contribution is 2.22. The third-order valence-electron chi connectivity index (χ3n) is 4.52. The lowest BCUT2D eigenvalue weighted by Gasteiger charge is -2.29. The Balaban J connectivity index is 1.65. The smallest absolute Gasteiger partial charge is 0.220 e. The highest BCUT2D eigenvalue weighted by Gasteiger charge is 2.17. The number of nitrogens with zero attached hydrogens (tertiary/aromatic N) is 1.